The van der Waals surface area contributed by atoms with Crippen molar-refractivity contribution in [1.82, 2.24) is 5.43 Å². The van der Waals surface area contributed by atoms with E-state index >= 15 is 0 Å². The number of ether oxygens (including phenoxy) is 1. The molecule has 0 unspecified atom stereocenters. The van der Waals surface area contributed by atoms with Crippen LogP contribution in [-0.2, 0) is 0 Å². The number of benzene rings is 2. The van der Waals surface area contributed by atoms with Gasteiger partial charge in [-0.15, -0.1) is 0 Å². The maximum atomic E-state index is 14.2. The van der Waals surface area contributed by atoms with Gasteiger partial charge in [0.15, 0.2) is 17.4 Å². The number of hydrogen-bond acceptors (Lipinski definition) is 5. The molecule has 180 valence electrons. The maximum Gasteiger partial charge on any atom is 0.258 e. The Kier molecular flexibility index (Phi) is 11.6. The summed E-state index contributed by atoms with van der Waals surface area (Å²) in [6.07, 6.45) is 7.49. The average molecular weight is 465 g/mol. The molecule has 0 aliphatic rings. The van der Waals surface area contributed by atoms with Gasteiger partial charge in [0.2, 0.25) is 5.82 Å². The number of nitrogens with one attached hydrogen (secondary N) is 2. The molecule has 2 rings (SSSR count). The highest BCUT2D eigenvalue weighted by molar-refractivity contribution is 6.06. The van der Waals surface area contributed by atoms with Crippen LogP contribution in [-0.4, -0.2) is 13.0 Å². The van der Waals surface area contributed by atoms with Gasteiger partial charge >= 0.3 is 0 Å². The third kappa shape index (κ3) is 8.19. The Morgan fingerprint density at radius 3 is 2.36 bits per heavy atom. The standard InChI is InChI=1S/C16H15F3N4O2.C8H16/c1-25-15-13(18)9(6-10(17)14(15)19)16(24)23-12-5-3-2-4-8(12)11(20)7-22-21;1-4-5-6-7-8(2)3/h2-7,22H,20-21H2,1H3,(H,23,24);7H,4-6H2,1-3H3/b11-7-;. The first-order chi connectivity index (χ1) is 15.7. The van der Waals surface area contributed by atoms with E-state index in [9.17, 15) is 18.0 Å². The van der Waals surface area contributed by atoms with Gasteiger partial charge in [-0.25, -0.2) is 8.78 Å². The summed E-state index contributed by atoms with van der Waals surface area (Å²) in [6.45, 7) is 6.52. The molecule has 0 aliphatic heterocycles. The number of allylic oxidation sites excluding steroid dienone is 2. The summed E-state index contributed by atoms with van der Waals surface area (Å²) in [5.74, 6) is -1.07. The molecular weight excluding hydrogens is 433 g/mol. The minimum absolute atomic E-state index is 0.196. The van der Waals surface area contributed by atoms with Gasteiger partial charge < -0.3 is 21.2 Å². The highest BCUT2D eigenvalue weighted by Gasteiger charge is 2.24. The van der Waals surface area contributed by atoms with E-state index in [0.717, 1.165) is 7.11 Å². The summed E-state index contributed by atoms with van der Waals surface area (Å²) in [5.41, 5.74) is 9.59. The lowest BCUT2D eigenvalue weighted by Gasteiger charge is -2.13. The molecule has 6 nitrogen and oxygen atoms in total. The van der Waals surface area contributed by atoms with Crippen LogP contribution in [0, 0.1) is 17.5 Å². The van der Waals surface area contributed by atoms with E-state index < -0.39 is 34.7 Å². The number of hydrogen-bond donors (Lipinski definition) is 4. The second kappa shape index (κ2) is 13.8. The van der Waals surface area contributed by atoms with E-state index in [1.165, 1.54) is 37.1 Å². The van der Waals surface area contributed by atoms with E-state index in [1.807, 2.05) is 0 Å². The Morgan fingerprint density at radius 1 is 1.12 bits per heavy atom. The minimum atomic E-state index is -1.52. The molecule has 1 amide bonds. The number of unbranched alkanes of at least 4 members (excludes halogenated alkanes) is 2. The molecule has 0 aliphatic carbocycles. The number of halogens is 3. The number of methoxy groups -OCH3 is 1. The molecule has 0 radical (unpaired) electrons. The molecule has 2 aromatic rings. The zero-order valence-electron chi connectivity index (χ0n) is 19.3. The molecule has 0 saturated heterocycles. The van der Waals surface area contributed by atoms with Crippen molar-refractivity contribution in [3.63, 3.8) is 0 Å². The molecule has 0 saturated carbocycles. The highest BCUT2D eigenvalue weighted by Crippen LogP contribution is 2.28. The number of anilines is 1. The average Bonchev–Trinajstić information content (AvgIpc) is 2.77. The summed E-state index contributed by atoms with van der Waals surface area (Å²) in [4.78, 5) is 12.3. The van der Waals surface area contributed by atoms with Gasteiger partial charge in [0, 0.05) is 11.8 Å². The van der Waals surface area contributed by atoms with Gasteiger partial charge in [0.25, 0.3) is 5.91 Å². The number of carbonyl (C=O) groups excluding carboxylic acids is 1. The monoisotopic (exact) mass is 464 g/mol. The molecule has 33 heavy (non-hydrogen) atoms. The van der Waals surface area contributed by atoms with Crippen molar-refractivity contribution in [3.8, 4) is 5.75 Å². The number of para-hydroxylation sites is 1. The van der Waals surface area contributed by atoms with Crippen molar-refractivity contribution in [1.29, 1.82) is 0 Å². The van der Waals surface area contributed by atoms with Crippen LogP contribution in [0.2, 0.25) is 0 Å². The third-order valence-corrected chi connectivity index (χ3v) is 4.40. The topological polar surface area (TPSA) is 102 Å². The lowest BCUT2D eigenvalue weighted by atomic mass is 10.1. The Labute approximate surface area is 192 Å². The van der Waals surface area contributed by atoms with E-state index in [2.05, 4.69) is 42.3 Å². The van der Waals surface area contributed by atoms with Gasteiger partial charge in [0.05, 0.1) is 24.1 Å². The van der Waals surface area contributed by atoms with E-state index in [-0.39, 0.29) is 11.4 Å². The Bertz CT molecular complexity index is 1000. The van der Waals surface area contributed by atoms with Crippen LogP contribution >= 0.6 is 0 Å². The largest absolute Gasteiger partial charge is 0.491 e. The molecule has 0 fully saturated rings. The van der Waals surface area contributed by atoms with Crippen LogP contribution in [0.15, 0.2) is 48.2 Å². The molecule has 6 N–H and O–H groups in total. The zero-order valence-corrected chi connectivity index (χ0v) is 19.3. The lowest BCUT2D eigenvalue weighted by Crippen LogP contribution is -2.19. The fraction of sp³-hybridized carbons (Fsp3) is 0.292. The van der Waals surface area contributed by atoms with E-state index in [0.29, 0.717) is 11.6 Å². The predicted octanol–water partition coefficient (Wildman–Crippen LogP) is 5.23. The first-order valence-electron chi connectivity index (χ1n) is 10.3. The number of rotatable bonds is 8. The van der Waals surface area contributed by atoms with E-state index in [1.54, 1.807) is 18.2 Å². The lowest BCUT2D eigenvalue weighted by molar-refractivity contribution is 0.102. The second-order valence-electron chi connectivity index (χ2n) is 7.26. The number of amides is 1. The summed E-state index contributed by atoms with van der Waals surface area (Å²) in [6, 6.07) is 6.79. The molecule has 0 bridgehead atoms. The van der Waals surface area contributed by atoms with Gasteiger partial charge in [-0.1, -0.05) is 49.6 Å². The number of carbonyl (C=O) groups is 1. The molecule has 2 aromatic carbocycles. The van der Waals surface area contributed by atoms with Crippen molar-refractivity contribution in [3.05, 3.63) is 76.8 Å². The van der Waals surface area contributed by atoms with Crippen LogP contribution < -0.4 is 27.1 Å². The van der Waals surface area contributed by atoms with Crippen molar-refractivity contribution in [2.45, 2.75) is 40.0 Å². The van der Waals surface area contributed by atoms with Gasteiger partial charge in [-0.05, 0) is 32.4 Å². The minimum Gasteiger partial charge on any atom is -0.491 e. The highest BCUT2D eigenvalue weighted by atomic mass is 19.2. The molecule has 0 spiro atoms. The number of hydrazine groups is 1. The summed E-state index contributed by atoms with van der Waals surface area (Å²) in [5, 5.41) is 2.39. The van der Waals surface area contributed by atoms with Crippen molar-refractivity contribution in [2.75, 3.05) is 12.4 Å². The Hall–Kier alpha value is -3.46. The normalized spacial score (nSPS) is 10.6. The first-order valence-corrected chi connectivity index (χ1v) is 10.3. The fourth-order valence-corrected chi connectivity index (χ4v) is 2.72. The number of nitrogens with two attached hydrogens (primary N) is 2. The summed E-state index contributed by atoms with van der Waals surface area (Å²) in [7, 11) is 0.962. The van der Waals surface area contributed by atoms with Gasteiger partial charge in [-0.2, -0.15) is 4.39 Å². The summed E-state index contributed by atoms with van der Waals surface area (Å²) < 4.78 is 45.7. The first kappa shape index (κ1) is 27.6. The van der Waals surface area contributed by atoms with Crippen LogP contribution in [0.5, 0.6) is 5.75 Å². The van der Waals surface area contributed by atoms with Crippen LogP contribution in [0.4, 0.5) is 18.9 Å². The summed E-state index contributed by atoms with van der Waals surface area (Å²) >= 11 is 0. The molecule has 0 atom stereocenters. The van der Waals surface area contributed by atoms with Crippen LogP contribution in [0.3, 0.4) is 0 Å². The third-order valence-electron chi connectivity index (χ3n) is 4.40. The van der Waals surface area contributed by atoms with Crippen molar-refractivity contribution >= 4 is 17.3 Å². The van der Waals surface area contributed by atoms with Crippen LogP contribution in [0.1, 0.15) is 56.0 Å². The Balaban J connectivity index is 0.000000582. The smallest absolute Gasteiger partial charge is 0.258 e. The van der Waals surface area contributed by atoms with E-state index in [4.69, 9.17) is 11.6 Å². The van der Waals surface area contributed by atoms with Crippen LogP contribution in [0.25, 0.3) is 5.70 Å². The van der Waals surface area contributed by atoms with Gasteiger partial charge in [0.1, 0.15) is 0 Å². The Morgan fingerprint density at radius 2 is 1.79 bits per heavy atom. The maximum absolute atomic E-state index is 14.2. The van der Waals surface area contributed by atoms with Crippen molar-refractivity contribution in [2.24, 2.45) is 11.6 Å². The molecule has 0 heterocycles. The fourth-order valence-electron chi connectivity index (χ4n) is 2.72. The molecular formula is C24H31F3N4O2. The SMILES string of the molecule is CCCCC=C(C)C.COc1c(F)c(F)cc(C(=O)Nc2ccccc2/C(N)=C/NN)c1F. The molecule has 0 aromatic heterocycles. The molecule has 9 heteroatoms. The second-order valence-corrected chi connectivity index (χ2v) is 7.26. The van der Waals surface area contributed by atoms with Crippen molar-refractivity contribution < 1.29 is 22.7 Å². The zero-order chi connectivity index (χ0) is 25.0. The predicted molar refractivity (Wildman–Crippen MR) is 126 cm³/mol. The van der Waals surface area contributed by atoms with Gasteiger partial charge in [-0.3, -0.25) is 10.6 Å². The quantitative estimate of drug-likeness (QED) is 0.141.